The lowest BCUT2D eigenvalue weighted by Gasteiger charge is -2.29. The predicted octanol–water partition coefficient (Wildman–Crippen LogP) is 1.93. The number of carbonyl (C=O) groups is 1. The minimum Gasteiger partial charge on any atom is -0.481 e. The van der Waals surface area contributed by atoms with E-state index < -0.39 is 11.9 Å². The Kier molecular flexibility index (Phi) is 5.56. The van der Waals surface area contributed by atoms with Gasteiger partial charge in [-0.2, -0.15) is 0 Å². The topological polar surface area (TPSA) is 52.6 Å². The van der Waals surface area contributed by atoms with Crippen molar-refractivity contribution < 1.29 is 9.90 Å². The van der Waals surface area contributed by atoms with E-state index in [9.17, 15) is 9.90 Å². The molecule has 1 aliphatic rings. The molecule has 1 aliphatic heterocycles. The van der Waals surface area contributed by atoms with Gasteiger partial charge in [0.2, 0.25) is 0 Å². The van der Waals surface area contributed by atoms with E-state index in [-0.39, 0.29) is 0 Å². The largest absolute Gasteiger partial charge is 0.481 e. The van der Waals surface area contributed by atoms with Crippen molar-refractivity contribution in [2.24, 2.45) is 0 Å². The van der Waals surface area contributed by atoms with Crippen molar-refractivity contribution in [3.63, 3.8) is 0 Å². The molecule has 110 valence electrons. The molecule has 0 radical (unpaired) electrons. The highest BCUT2D eigenvalue weighted by atomic mass is 16.4. The third-order valence-electron chi connectivity index (χ3n) is 4.14. The number of benzene rings is 1. The maximum atomic E-state index is 11.5. The van der Waals surface area contributed by atoms with Gasteiger partial charge in [-0.05, 0) is 45.0 Å². The van der Waals surface area contributed by atoms with E-state index >= 15 is 0 Å². The van der Waals surface area contributed by atoms with Gasteiger partial charge in [0.25, 0.3) is 0 Å². The molecular formula is C16H24N2O2. The minimum atomic E-state index is -0.741. The minimum absolute atomic E-state index is 0.447. The lowest BCUT2D eigenvalue weighted by molar-refractivity contribution is -0.139. The Balaban J connectivity index is 2.02. The summed E-state index contributed by atoms with van der Waals surface area (Å²) in [6.07, 6.45) is 3.40. The zero-order chi connectivity index (χ0) is 14.4. The zero-order valence-electron chi connectivity index (χ0n) is 12.1. The summed E-state index contributed by atoms with van der Waals surface area (Å²) in [7, 11) is 2.05. The van der Waals surface area contributed by atoms with Gasteiger partial charge in [0.15, 0.2) is 0 Å². The smallest absolute Gasteiger partial charge is 0.312 e. The van der Waals surface area contributed by atoms with E-state index in [2.05, 4.69) is 17.3 Å². The van der Waals surface area contributed by atoms with Crippen LogP contribution >= 0.6 is 0 Å². The molecule has 4 nitrogen and oxygen atoms in total. The van der Waals surface area contributed by atoms with Gasteiger partial charge in [0.1, 0.15) is 0 Å². The first-order chi connectivity index (χ1) is 9.68. The van der Waals surface area contributed by atoms with Crippen LogP contribution in [-0.2, 0) is 4.79 Å². The number of hydrogen-bond acceptors (Lipinski definition) is 3. The Morgan fingerprint density at radius 2 is 2.10 bits per heavy atom. The Morgan fingerprint density at radius 3 is 2.80 bits per heavy atom. The number of aliphatic carboxylic acids is 1. The summed E-state index contributed by atoms with van der Waals surface area (Å²) in [5, 5.41) is 12.9. The van der Waals surface area contributed by atoms with Crippen LogP contribution in [0.5, 0.6) is 0 Å². The Hall–Kier alpha value is -1.39. The second kappa shape index (κ2) is 7.41. The summed E-state index contributed by atoms with van der Waals surface area (Å²) in [6.45, 7) is 2.67. The first-order valence-electron chi connectivity index (χ1n) is 7.37. The van der Waals surface area contributed by atoms with E-state index in [0.717, 1.165) is 37.9 Å². The van der Waals surface area contributed by atoms with Crippen LogP contribution < -0.4 is 5.32 Å². The zero-order valence-corrected chi connectivity index (χ0v) is 12.1. The van der Waals surface area contributed by atoms with E-state index in [0.29, 0.717) is 12.6 Å². The number of hydrogen-bond donors (Lipinski definition) is 2. The summed E-state index contributed by atoms with van der Waals surface area (Å²) in [5.41, 5.74) is 0.888. The molecule has 0 aromatic heterocycles. The number of carboxylic acids is 1. The van der Waals surface area contributed by atoms with Crippen LogP contribution in [0.25, 0.3) is 0 Å². The number of likely N-dealkylation sites (N-methyl/N-ethyl adjacent to an activating group) is 1. The van der Waals surface area contributed by atoms with Crippen LogP contribution in [-0.4, -0.2) is 48.7 Å². The molecule has 2 N–H and O–H groups in total. The van der Waals surface area contributed by atoms with Crippen molar-refractivity contribution in [1.82, 2.24) is 10.2 Å². The van der Waals surface area contributed by atoms with Crippen molar-refractivity contribution in [2.45, 2.75) is 31.2 Å². The van der Waals surface area contributed by atoms with Gasteiger partial charge in [-0.25, -0.2) is 0 Å². The molecule has 0 saturated carbocycles. The van der Waals surface area contributed by atoms with Gasteiger partial charge in [-0.1, -0.05) is 30.3 Å². The van der Waals surface area contributed by atoms with Crippen molar-refractivity contribution in [1.29, 1.82) is 0 Å². The third kappa shape index (κ3) is 4.05. The second-order valence-electron chi connectivity index (χ2n) is 5.58. The maximum absolute atomic E-state index is 11.5. The monoisotopic (exact) mass is 276 g/mol. The molecule has 0 spiro atoms. The molecule has 20 heavy (non-hydrogen) atoms. The average molecular weight is 276 g/mol. The molecule has 2 unspecified atom stereocenters. The molecule has 1 saturated heterocycles. The van der Waals surface area contributed by atoms with Crippen LogP contribution in [0.1, 0.15) is 30.7 Å². The van der Waals surface area contributed by atoms with Crippen LogP contribution in [0.4, 0.5) is 0 Å². The molecular weight excluding hydrogens is 252 g/mol. The van der Waals surface area contributed by atoms with Crippen LogP contribution in [0.15, 0.2) is 30.3 Å². The predicted molar refractivity (Wildman–Crippen MR) is 80.0 cm³/mol. The molecule has 2 rings (SSSR count). The van der Waals surface area contributed by atoms with Crippen LogP contribution in [0.2, 0.25) is 0 Å². The molecule has 0 bridgehead atoms. The highest BCUT2D eigenvalue weighted by molar-refractivity contribution is 5.76. The lowest BCUT2D eigenvalue weighted by Crippen LogP contribution is -2.37. The molecule has 1 aromatic carbocycles. The Morgan fingerprint density at radius 1 is 1.35 bits per heavy atom. The average Bonchev–Trinajstić information content (AvgIpc) is 2.74. The summed E-state index contributed by atoms with van der Waals surface area (Å²) in [6, 6.07) is 10.0. The molecule has 4 heteroatoms. The van der Waals surface area contributed by atoms with Gasteiger partial charge in [-0.15, -0.1) is 0 Å². The van der Waals surface area contributed by atoms with Crippen LogP contribution in [0, 0.1) is 0 Å². The quantitative estimate of drug-likeness (QED) is 0.863. The number of nitrogens with zero attached hydrogens (tertiary/aromatic N) is 1. The first kappa shape index (κ1) is 15.0. The fourth-order valence-corrected chi connectivity index (χ4v) is 2.89. The highest BCUT2D eigenvalue weighted by Gasteiger charge is 2.25. The van der Waals surface area contributed by atoms with E-state index in [4.69, 9.17) is 0 Å². The molecule has 1 heterocycles. The first-order valence-corrected chi connectivity index (χ1v) is 7.37. The highest BCUT2D eigenvalue weighted by Crippen LogP contribution is 2.20. The number of rotatable bonds is 5. The fraction of sp³-hybridized carbons (Fsp3) is 0.562. The van der Waals surface area contributed by atoms with E-state index in [1.807, 2.05) is 30.3 Å². The Labute approximate surface area is 120 Å². The lowest BCUT2D eigenvalue weighted by atomic mass is 9.97. The van der Waals surface area contributed by atoms with Crippen molar-refractivity contribution in [3.05, 3.63) is 35.9 Å². The van der Waals surface area contributed by atoms with Crippen molar-refractivity contribution >= 4 is 5.97 Å². The van der Waals surface area contributed by atoms with Gasteiger partial charge < -0.3 is 15.3 Å². The van der Waals surface area contributed by atoms with Gasteiger partial charge in [0, 0.05) is 12.6 Å². The molecule has 1 fully saturated rings. The van der Waals surface area contributed by atoms with Crippen LogP contribution in [0.3, 0.4) is 0 Å². The normalized spacial score (nSPS) is 21.4. The summed E-state index contributed by atoms with van der Waals surface area (Å²) >= 11 is 0. The van der Waals surface area contributed by atoms with Crippen molar-refractivity contribution in [2.75, 3.05) is 26.7 Å². The standard InChI is InChI=1S/C16H24N2O2/c1-18(14-8-5-10-17-11-9-14)12-15(16(19)20)13-6-3-2-4-7-13/h2-4,6-7,14-15,17H,5,8-12H2,1H3,(H,19,20). The second-order valence-corrected chi connectivity index (χ2v) is 5.58. The summed E-state index contributed by atoms with van der Waals surface area (Å²) < 4.78 is 0. The fourth-order valence-electron chi connectivity index (χ4n) is 2.89. The third-order valence-corrected chi connectivity index (χ3v) is 4.14. The van der Waals surface area contributed by atoms with E-state index in [1.54, 1.807) is 0 Å². The summed E-state index contributed by atoms with van der Waals surface area (Å²) in [5.74, 6) is -1.19. The maximum Gasteiger partial charge on any atom is 0.312 e. The SMILES string of the molecule is CN(CC(C(=O)O)c1ccccc1)C1CCCNCC1. The van der Waals surface area contributed by atoms with Gasteiger partial charge in [0.05, 0.1) is 5.92 Å². The molecule has 0 aliphatic carbocycles. The van der Waals surface area contributed by atoms with Crippen molar-refractivity contribution in [3.8, 4) is 0 Å². The van der Waals surface area contributed by atoms with Gasteiger partial charge >= 0.3 is 5.97 Å². The molecule has 2 atom stereocenters. The number of nitrogens with one attached hydrogen (secondary N) is 1. The van der Waals surface area contributed by atoms with E-state index in [1.165, 1.54) is 0 Å². The Bertz CT molecular complexity index is 414. The number of carboxylic acid groups (broad SMARTS) is 1. The molecule has 0 amide bonds. The molecule has 1 aromatic rings. The van der Waals surface area contributed by atoms with Gasteiger partial charge in [-0.3, -0.25) is 4.79 Å². The summed E-state index contributed by atoms with van der Waals surface area (Å²) in [4.78, 5) is 13.8.